The molecule has 0 fully saturated rings. The van der Waals surface area contributed by atoms with Gasteiger partial charge in [0.2, 0.25) is 5.91 Å². The number of nitrogens with one attached hydrogen (secondary N) is 3. The zero-order valence-corrected chi connectivity index (χ0v) is 11.7. The molecule has 2 heterocycles. The second kappa shape index (κ2) is 4.84. The second-order valence-electron chi connectivity index (χ2n) is 4.07. The third-order valence-electron chi connectivity index (χ3n) is 2.63. The highest BCUT2D eigenvalue weighted by Crippen LogP contribution is 2.33. The normalized spacial score (nSPS) is 14.5. The zero-order chi connectivity index (χ0) is 14.2. The molecular weight excluding hydrogens is 300 g/mol. The number of nitrogens with zero attached hydrogens (tertiary/aromatic N) is 1. The second-order valence-corrected chi connectivity index (χ2v) is 6.74. The van der Waals surface area contributed by atoms with E-state index in [2.05, 4.69) is 20.2 Å². The number of anilines is 2. The van der Waals surface area contributed by atoms with E-state index in [1.54, 1.807) is 18.2 Å². The maximum Gasteiger partial charge on any atom is 0.278 e. The van der Waals surface area contributed by atoms with Gasteiger partial charge in [0.1, 0.15) is 0 Å². The molecule has 2 aromatic rings. The number of aromatic nitrogens is 2. The van der Waals surface area contributed by atoms with E-state index in [9.17, 15) is 13.2 Å². The average molecular weight is 310 g/mol. The molecule has 1 aromatic heterocycles. The van der Waals surface area contributed by atoms with Crippen LogP contribution in [0.1, 0.15) is 0 Å². The van der Waals surface area contributed by atoms with E-state index in [0.29, 0.717) is 17.1 Å². The Bertz CT molecular complexity index is 756. The number of benzene rings is 1. The summed E-state index contributed by atoms with van der Waals surface area (Å²) in [5.41, 5.74) is 0.984. The first-order valence-corrected chi connectivity index (χ1v) is 8.10. The van der Waals surface area contributed by atoms with Gasteiger partial charge in [-0.1, -0.05) is 0 Å². The van der Waals surface area contributed by atoms with Crippen LogP contribution >= 0.6 is 11.8 Å². The van der Waals surface area contributed by atoms with Crippen LogP contribution in [0.4, 0.5) is 11.4 Å². The summed E-state index contributed by atoms with van der Waals surface area (Å²) in [5.74, 6) is 0.266. The third kappa shape index (κ3) is 2.49. The van der Waals surface area contributed by atoms with Gasteiger partial charge in [-0.3, -0.25) is 14.6 Å². The number of fused-ring (bicyclic) bond motifs is 1. The third-order valence-corrected chi connectivity index (χ3v) is 5.01. The number of amides is 1. The fourth-order valence-corrected chi connectivity index (χ4v) is 3.50. The summed E-state index contributed by atoms with van der Waals surface area (Å²) >= 11 is 1.42. The molecule has 7 nitrogen and oxygen atoms in total. The lowest BCUT2D eigenvalue weighted by atomic mass is 10.3. The van der Waals surface area contributed by atoms with Gasteiger partial charge < -0.3 is 5.32 Å². The number of carbonyl (C=O) groups excluding carboxylic acids is 1. The first-order valence-electron chi connectivity index (χ1n) is 5.63. The molecule has 104 valence electrons. The molecule has 1 aliphatic heterocycles. The molecule has 0 atom stereocenters. The lowest BCUT2D eigenvalue weighted by Crippen LogP contribution is -2.19. The topological polar surface area (TPSA) is 104 Å². The first kappa shape index (κ1) is 13.0. The van der Waals surface area contributed by atoms with Gasteiger partial charge in [-0.15, -0.1) is 11.8 Å². The van der Waals surface area contributed by atoms with E-state index in [-0.39, 0.29) is 10.9 Å². The van der Waals surface area contributed by atoms with E-state index in [1.165, 1.54) is 24.0 Å². The largest absolute Gasteiger partial charge is 0.324 e. The van der Waals surface area contributed by atoms with Crippen molar-refractivity contribution in [1.82, 2.24) is 10.2 Å². The Labute approximate surface area is 119 Å². The SMILES string of the molecule is O=C1CSc2ccc(NS(=O)(=O)c3ccn[nH]3)cc2N1. The lowest BCUT2D eigenvalue weighted by molar-refractivity contribution is -0.113. The molecule has 0 radical (unpaired) electrons. The number of aromatic amines is 1. The minimum atomic E-state index is -3.70. The van der Waals surface area contributed by atoms with Crippen LogP contribution in [0.5, 0.6) is 0 Å². The monoisotopic (exact) mass is 310 g/mol. The van der Waals surface area contributed by atoms with Gasteiger partial charge in [-0.25, -0.2) is 0 Å². The van der Waals surface area contributed by atoms with Gasteiger partial charge in [0, 0.05) is 4.90 Å². The molecule has 1 aromatic carbocycles. The smallest absolute Gasteiger partial charge is 0.278 e. The maximum absolute atomic E-state index is 12.0. The minimum absolute atomic E-state index is 0.0198. The highest BCUT2D eigenvalue weighted by molar-refractivity contribution is 8.00. The lowest BCUT2D eigenvalue weighted by Gasteiger charge is -2.17. The summed E-state index contributed by atoms with van der Waals surface area (Å²) in [7, 11) is -3.70. The highest BCUT2D eigenvalue weighted by atomic mass is 32.2. The summed E-state index contributed by atoms with van der Waals surface area (Å²) in [6.45, 7) is 0. The van der Waals surface area contributed by atoms with Crippen molar-refractivity contribution in [2.75, 3.05) is 15.8 Å². The highest BCUT2D eigenvalue weighted by Gasteiger charge is 2.19. The Balaban J connectivity index is 1.89. The number of thioether (sulfide) groups is 1. The van der Waals surface area contributed by atoms with Crippen molar-refractivity contribution in [2.24, 2.45) is 0 Å². The van der Waals surface area contributed by atoms with Crippen LogP contribution in [0, 0.1) is 0 Å². The number of carbonyl (C=O) groups is 1. The molecule has 20 heavy (non-hydrogen) atoms. The van der Waals surface area contributed by atoms with Gasteiger partial charge in [0.25, 0.3) is 10.0 Å². The van der Waals surface area contributed by atoms with Gasteiger partial charge >= 0.3 is 0 Å². The van der Waals surface area contributed by atoms with Crippen molar-refractivity contribution < 1.29 is 13.2 Å². The van der Waals surface area contributed by atoms with E-state index in [0.717, 1.165) is 4.90 Å². The van der Waals surface area contributed by atoms with Crippen molar-refractivity contribution in [2.45, 2.75) is 9.92 Å². The van der Waals surface area contributed by atoms with Crippen LogP contribution in [0.3, 0.4) is 0 Å². The Hall–Kier alpha value is -2.00. The van der Waals surface area contributed by atoms with E-state index >= 15 is 0 Å². The summed E-state index contributed by atoms with van der Waals surface area (Å²) in [6, 6.07) is 6.37. The van der Waals surface area contributed by atoms with Crippen molar-refractivity contribution in [3.8, 4) is 0 Å². The van der Waals surface area contributed by atoms with Crippen LogP contribution in [-0.2, 0) is 14.8 Å². The van der Waals surface area contributed by atoms with E-state index in [1.807, 2.05) is 0 Å². The first-order chi connectivity index (χ1) is 9.54. The number of hydrogen-bond donors (Lipinski definition) is 3. The van der Waals surface area contributed by atoms with Gasteiger partial charge in [-0.2, -0.15) is 13.5 Å². The van der Waals surface area contributed by atoms with Crippen molar-refractivity contribution in [3.63, 3.8) is 0 Å². The van der Waals surface area contributed by atoms with E-state index in [4.69, 9.17) is 0 Å². The summed E-state index contributed by atoms with van der Waals surface area (Å²) in [6.07, 6.45) is 1.36. The summed E-state index contributed by atoms with van der Waals surface area (Å²) in [4.78, 5) is 12.2. The fraction of sp³-hybridized carbons (Fsp3) is 0.0909. The Morgan fingerprint density at radius 1 is 1.30 bits per heavy atom. The van der Waals surface area contributed by atoms with Crippen LogP contribution in [0.15, 0.2) is 40.4 Å². The molecule has 1 aliphatic rings. The number of rotatable bonds is 3. The molecule has 0 saturated carbocycles. The Kier molecular flexibility index (Phi) is 3.14. The standard InChI is InChI=1S/C11H10N4O3S2/c16-10-6-19-9-2-1-7(5-8(9)13-10)15-20(17,18)11-3-4-12-14-11/h1-5,15H,6H2,(H,12,14)(H,13,16). The molecule has 0 aliphatic carbocycles. The van der Waals surface area contributed by atoms with Gasteiger partial charge in [0.05, 0.1) is 23.3 Å². The van der Waals surface area contributed by atoms with Gasteiger partial charge in [-0.05, 0) is 24.3 Å². The fourth-order valence-electron chi connectivity index (χ4n) is 1.75. The molecule has 0 saturated heterocycles. The van der Waals surface area contributed by atoms with Crippen LogP contribution in [0.25, 0.3) is 0 Å². The number of sulfonamides is 1. The summed E-state index contributed by atoms with van der Waals surface area (Å²) < 4.78 is 26.5. The Morgan fingerprint density at radius 3 is 2.90 bits per heavy atom. The molecular formula is C11H10N4O3S2. The zero-order valence-electron chi connectivity index (χ0n) is 10.1. The average Bonchev–Trinajstić information content (AvgIpc) is 2.92. The van der Waals surface area contributed by atoms with Crippen LogP contribution in [-0.4, -0.2) is 30.3 Å². The van der Waals surface area contributed by atoms with Crippen molar-refractivity contribution >= 4 is 39.1 Å². The molecule has 1 amide bonds. The van der Waals surface area contributed by atoms with Crippen LogP contribution in [0.2, 0.25) is 0 Å². The molecule has 0 spiro atoms. The minimum Gasteiger partial charge on any atom is -0.324 e. The number of H-pyrrole nitrogens is 1. The maximum atomic E-state index is 12.0. The quantitative estimate of drug-likeness (QED) is 0.791. The molecule has 9 heteroatoms. The predicted molar refractivity (Wildman–Crippen MR) is 75.2 cm³/mol. The number of hydrogen-bond acceptors (Lipinski definition) is 5. The van der Waals surface area contributed by atoms with Gasteiger partial charge in [0.15, 0.2) is 5.03 Å². The van der Waals surface area contributed by atoms with Crippen molar-refractivity contribution in [3.05, 3.63) is 30.5 Å². The molecule has 0 unspecified atom stereocenters. The molecule has 3 rings (SSSR count). The van der Waals surface area contributed by atoms with Crippen molar-refractivity contribution in [1.29, 1.82) is 0 Å². The molecule has 3 N–H and O–H groups in total. The predicted octanol–water partition coefficient (Wildman–Crippen LogP) is 1.25. The molecule has 0 bridgehead atoms. The Morgan fingerprint density at radius 2 is 2.15 bits per heavy atom. The summed E-state index contributed by atoms with van der Waals surface area (Å²) in [5, 5.41) is 8.68. The van der Waals surface area contributed by atoms with E-state index < -0.39 is 10.0 Å². The van der Waals surface area contributed by atoms with Crippen LogP contribution < -0.4 is 10.0 Å².